The van der Waals surface area contributed by atoms with Gasteiger partial charge in [-0.05, 0) is 126 Å². The van der Waals surface area contributed by atoms with Gasteiger partial charge in [-0.15, -0.1) is 0 Å². The predicted octanol–water partition coefficient (Wildman–Crippen LogP) is 8.72. The molecule has 18 nitrogen and oxygen atoms in total. The Kier molecular flexibility index (Phi) is 22.1. The van der Waals surface area contributed by atoms with Gasteiger partial charge in [-0.25, -0.2) is 52.6 Å². The normalized spacial score (nSPS) is 12.5. The maximum absolute atomic E-state index is 13.9. The van der Waals surface area contributed by atoms with Crippen molar-refractivity contribution in [2.45, 2.75) is 58.1 Å². The molecule has 0 bridgehead atoms. The van der Waals surface area contributed by atoms with Crippen molar-refractivity contribution in [2.24, 2.45) is 0 Å². The molecule has 8 rings (SSSR count). The second-order valence-electron chi connectivity index (χ2n) is 22.5. The van der Waals surface area contributed by atoms with Crippen molar-refractivity contribution < 1.29 is 33.7 Å². The van der Waals surface area contributed by atoms with E-state index in [-0.39, 0.29) is 45.8 Å². The number of nitrogens with one attached hydrogen (secondary N) is 4. The fraction of sp³-hybridized carbons (Fsp3) is 0.375. The van der Waals surface area contributed by atoms with Crippen LogP contribution in [-0.2, 0) is 40.1 Å². The Morgan fingerprint density at radius 2 is 0.442 bits per heavy atom. The van der Waals surface area contributed by atoms with Crippen LogP contribution in [0.25, 0.3) is 43.1 Å². The summed E-state index contributed by atoms with van der Waals surface area (Å²) < 4.78 is 123. The topological polar surface area (TPSA) is 204 Å². The van der Waals surface area contributed by atoms with Crippen LogP contribution >= 0.6 is 0 Å². The van der Waals surface area contributed by atoms with E-state index in [1.165, 1.54) is 0 Å². The van der Waals surface area contributed by atoms with Crippen molar-refractivity contribution in [2.75, 3.05) is 141 Å². The molecule has 8 aromatic carbocycles. The molecule has 86 heavy (non-hydrogen) atoms. The van der Waals surface area contributed by atoms with Crippen LogP contribution in [0.4, 0.5) is 22.7 Å². The molecule has 0 saturated carbocycles. The van der Waals surface area contributed by atoms with E-state index in [2.05, 4.69) is 28.7 Å². The average molecular weight is 1250 g/mol. The van der Waals surface area contributed by atoms with Crippen LogP contribution in [0.1, 0.15) is 38.5 Å². The maximum Gasteiger partial charge on any atom is 0.241 e. The van der Waals surface area contributed by atoms with Crippen LogP contribution in [0.3, 0.4) is 0 Å². The van der Waals surface area contributed by atoms with Gasteiger partial charge in [0.05, 0.1) is 19.6 Å². The summed E-state index contributed by atoms with van der Waals surface area (Å²) in [7, 11) is -0.164. The van der Waals surface area contributed by atoms with Crippen LogP contribution in [0.5, 0.6) is 0 Å². The molecule has 0 fully saturated rings. The molecule has 0 radical (unpaired) electrons. The van der Waals surface area contributed by atoms with E-state index >= 15 is 0 Å². The minimum Gasteiger partial charge on any atom is -0.377 e. The van der Waals surface area contributed by atoms with Gasteiger partial charge in [-0.2, -0.15) is 0 Å². The summed E-state index contributed by atoms with van der Waals surface area (Å²) >= 11 is 0. The summed E-state index contributed by atoms with van der Waals surface area (Å²) in [6.45, 7) is 4.16. The van der Waals surface area contributed by atoms with Crippen molar-refractivity contribution in [3.8, 4) is 0 Å². The molecule has 0 heterocycles. The summed E-state index contributed by atoms with van der Waals surface area (Å²) in [5.41, 5.74) is 3.65. The predicted molar refractivity (Wildman–Crippen MR) is 354 cm³/mol. The average Bonchev–Trinajstić information content (AvgIpc) is 1.52. The van der Waals surface area contributed by atoms with Gasteiger partial charge < -0.3 is 29.4 Å². The summed E-state index contributed by atoms with van der Waals surface area (Å²) in [6, 6.07) is 43.7. The van der Waals surface area contributed by atoms with E-state index in [0.29, 0.717) is 86.5 Å². The Morgan fingerprint density at radius 3 is 0.651 bits per heavy atom. The standard InChI is InChI=1S/C64H84N10O8S4/c1-69(2)57-31-11-27-53-49(57)23-15-35-61(53)83(75,76)65-39-19-45-73(46-20-40-66-84(77,78)62-36-16-24-50-54(62)28-12-32-58(50)70(3)4)43-9-10-44-74(47-21-41-67-85(79,80)63-37-17-25-51-55(63)29-13-33-59(51)71(5)6)48-22-42-68-86(81,82)64-38-18-26-52-56(64)30-14-34-60(52)72(7)8/h11-18,23-38,65-68H,9-10,19-22,39-48H2,1-8H3. The first-order valence-corrected chi connectivity index (χ1v) is 35.1. The Bertz CT molecular complexity index is 3590. The molecule has 0 aliphatic carbocycles. The van der Waals surface area contributed by atoms with Crippen LogP contribution in [0, 0.1) is 0 Å². The Labute approximate surface area is 510 Å². The highest BCUT2D eigenvalue weighted by atomic mass is 32.2. The van der Waals surface area contributed by atoms with Crippen LogP contribution in [0.15, 0.2) is 165 Å². The number of unbranched alkanes of at least 4 members (excludes halogenated alkanes) is 1. The first-order valence-electron chi connectivity index (χ1n) is 29.2. The molecule has 0 aliphatic heterocycles. The molecule has 0 atom stereocenters. The van der Waals surface area contributed by atoms with Gasteiger partial charge in [-0.3, -0.25) is 0 Å². The maximum atomic E-state index is 13.9. The zero-order valence-electron chi connectivity index (χ0n) is 50.8. The quantitative estimate of drug-likeness (QED) is 0.0284. The van der Waals surface area contributed by atoms with Gasteiger partial charge in [0.1, 0.15) is 0 Å². The number of rotatable bonds is 33. The van der Waals surface area contributed by atoms with Gasteiger partial charge in [0, 0.05) is 148 Å². The largest absolute Gasteiger partial charge is 0.377 e. The Balaban J connectivity index is 0.936. The molecule has 22 heteroatoms. The SMILES string of the molecule is CN(C)c1cccc2c(S(=O)(=O)NCCCN(CCCCN(CCCNS(=O)(=O)c3cccc4c(N(C)C)cccc34)CCCNS(=O)(=O)c3cccc4c(N(C)C)cccc34)CCCNS(=O)(=O)c3cccc4c(N(C)C)cccc34)cccc12. The third-order valence-electron chi connectivity index (χ3n) is 15.5. The second kappa shape index (κ2) is 29.0. The number of benzene rings is 8. The summed E-state index contributed by atoms with van der Waals surface area (Å²) in [6.07, 6.45) is 3.46. The number of sulfonamides is 4. The Morgan fingerprint density at radius 1 is 0.256 bits per heavy atom. The van der Waals surface area contributed by atoms with Crippen LogP contribution in [-0.4, -0.2) is 165 Å². The van der Waals surface area contributed by atoms with Gasteiger partial charge >= 0.3 is 0 Å². The molecule has 462 valence electrons. The lowest BCUT2D eigenvalue weighted by molar-refractivity contribution is 0.236. The van der Waals surface area contributed by atoms with Gasteiger partial charge in [-0.1, -0.05) is 97.1 Å². The molecule has 0 aromatic heterocycles. The lowest BCUT2D eigenvalue weighted by atomic mass is 10.1. The number of fused-ring (bicyclic) bond motifs is 4. The fourth-order valence-corrected chi connectivity index (χ4v) is 16.4. The van der Waals surface area contributed by atoms with Gasteiger partial charge in [0.15, 0.2) is 0 Å². The molecule has 0 saturated heterocycles. The Hall–Kier alpha value is -6.44. The number of nitrogens with zero attached hydrogens (tertiary/aromatic N) is 6. The minimum absolute atomic E-state index is 0.182. The molecular weight excluding hydrogens is 1170 g/mol. The van der Waals surface area contributed by atoms with Crippen LogP contribution < -0.4 is 38.5 Å². The molecule has 0 spiro atoms. The number of hydrogen-bond acceptors (Lipinski definition) is 14. The van der Waals surface area contributed by atoms with E-state index in [0.717, 1.165) is 57.1 Å². The lowest BCUT2D eigenvalue weighted by Gasteiger charge is -2.25. The first kappa shape index (κ1) is 65.5. The monoisotopic (exact) mass is 1250 g/mol. The zero-order chi connectivity index (χ0) is 61.8. The third-order valence-corrected chi connectivity index (χ3v) is 21.6. The highest BCUT2D eigenvalue weighted by Gasteiger charge is 2.23. The van der Waals surface area contributed by atoms with E-state index < -0.39 is 40.1 Å². The molecule has 0 aliphatic rings. The van der Waals surface area contributed by atoms with Crippen LogP contribution in [0.2, 0.25) is 0 Å². The number of hydrogen-bond donors (Lipinski definition) is 4. The summed E-state index contributed by atoms with van der Waals surface area (Å²) in [5.74, 6) is 0. The highest BCUT2D eigenvalue weighted by Crippen LogP contribution is 2.34. The van der Waals surface area contributed by atoms with E-state index in [1.54, 1.807) is 48.5 Å². The van der Waals surface area contributed by atoms with Gasteiger partial charge in [0.2, 0.25) is 40.1 Å². The molecule has 4 N–H and O–H groups in total. The first-order chi connectivity index (χ1) is 41.0. The van der Waals surface area contributed by atoms with Gasteiger partial charge in [0.25, 0.3) is 0 Å². The van der Waals surface area contributed by atoms with E-state index in [9.17, 15) is 33.7 Å². The molecular formula is C64H84N10O8S4. The summed E-state index contributed by atoms with van der Waals surface area (Å²) in [4.78, 5) is 13.1. The van der Waals surface area contributed by atoms with Crippen molar-refractivity contribution in [1.29, 1.82) is 0 Å². The smallest absolute Gasteiger partial charge is 0.241 e. The van der Waals surface area contributed by atoms with E-state index in [1.807, 2.05) is 173 Å². The van der Waals surface area contributed by atoms with Crippen molar-refractivity contribution in [1.82, 2.24) is 28.7 Å². The van der Waals surface area contributed by atoms with E-state index in [4.69, 9.17) is 0 Å². The highest BCUT2D eigenvalue weighted by molar-refractivity contribution is 7.90. The summed E-state index contributed by atoms with van der Waals surface area (Å²) in [5, 5.41) is 5.86. The molecule has 0 amide bonds. The third kappa shape index (κ3) is 16.0. The second-order valence-corrected chi connectivity index (χ2v) is 29.4. The van der Waals surface area contributed by atoms with Crippen molar-refractivity contribution in [3.63, 3.8) is 0 Å². The minimum atomic E-state index is -3.89. The molecule has 8 aromatic rings. The van der Waals surface area contributed by atoms with Crippen molar-refractivity contribution in [3.05, 3.63) is 146 Å². The molecule has 0 unspecified atom stereocenters. The fourth-order valence-electron chi connectivity index (χ4n) is 11.2. The number of anilines is 4. The van der Waals surface area contributed by atoms with Crippen molar-refractivity contribution >= 4 is 106 Å². The zero-order valence-corrected chi connectivity index (χ0v) is 54.0. The lowest BCUT2D eigenvalue weighted by Crippen LogP contribution is -2.35.